The second-order valence-corrected chi connectivity index (χ2v) is 11.4. The summed E-state index contributed by atoms with van der Waals surface area (Å²) < 4.78 is 25.8. The van der Waals surface area contributed by atoms with E-state index in [-0.39, 0.29) is 12.5 Å². The Balaban J connectivity index is 1.23. The molecular formula is C30H32FN9O4. The van der Waals surface area contributed by atoms with Crippen LogP contribution in [0.2, 0.25) is 0 Å². The van der Waals surface area contributed by atoms with Gasteiger partial charge in [-0.1, -0.05) is 0 Å². The number of carboxylic acid groups (broad SMARTS) is 1. The smallest absolute Gasteiger partial charge is 0.405 e. The van der Waals surface area contributed by atoms with Crippen LogP contribution < -0.4 is 10.1 Å². The molecule has 1 fully saturated rings. The first-order chi connectivity index (χ1) is 21.4. The lowest BCUT2D eigenvalue weighted by molar-refractivity contribution is 0.0712. The molecule has 1 atom stereocenters. The molecular weight excluding hydrogens is 569 g/mol. The Morgan fingerprint density at radius 2 is 2.11 bits per heavy atom. The number of carbonyl (C=O) groups is 2. The third-order valence-electron chi connectivity index (χ3n) is 8.30. The monoisotopic (exact) mass is 601 g/mol. The van der Waals surface area contributed by atoms with Gasteiger partial charge in [0.25, 0.3) is 5.91 Å². The molecule has 0 aromatic carbocycles. The number of hydrogen-bond donors (Lipinski definition) is 2. The maximum Gasteiger partial charge on any atom is 0.405 e. The van der Waals surface area contributed by atoms with Crippen molar-refractivity contribution in [2.24, 2.45) is 13.0 Å². The number of aryl methyl sites for hydroxylation is 1. The fourth-order valence-electron chi connectivity index (χ4n) is 5.90. The highest BCUT2D eigenvalue weighted by atomic mass is 19.1. The van der Waals surface area contributed by atoms with Crippen molar-refractivity contribution in [3.63, 3.8) is 0 Å². The number of imidazole rings is 2. The van der Waals surface area contributed by atoms with Crippen LogP contribution in [0.15, 0.2) is 43.1 Å². The number of nitrogens with zero attached hydrogens (tertiary/aromatic N) is 8. The Hall–Kier alpha value is -5.01. The van der Waals surface area contributed by atoms with Crippen LogP contribution in [0, 0.1) is 5.92 Å². The van der Waals surface area contributed by atoms with Crippen molar-refractivity contribution < 1.29 is 23.8 Å². The van der Waals surface area contributed by atoms with Crippen LogP contribution in [-0.2, 0) is 26.6 Å². The average molecular weight is 602 g/mol. The number of fused-ring (bicyclic) bond motifs is 3. The second-order valence-electron chi connectivity index (χ2n) is 11.4. The number of halogens is 1. The lowest BCUT2D eigenvalue weighted by Crippen LogP contribution is -2.48. The topological polar surface area (TPSA) is 145 Å². The summed E-state index contributed by atoms with van der Waals surface area (Å²) in [5.41, 5.74) is 4.11. The van der Waals surface area contributed by atoms with Gasteiger partial charge in [-0.05, 0) is 37.0 Å². The number of aromatic nitrogens is 7. The number of carbonyl (C=O) groups excluding carboxylic acids is 1. The summed E-state index contributed by atoms with van der Waals surface area (Å²) in [6.07, 6.45) is 8.61. The zero-order valence-corrected chi connectivity index (χ0v) is 24.2. The quantitative estimate of drug-likeness (QED) is 0.235. The van der Waals surface area contributed by atoms with Gasteiger partial charge >= 0.3 is 6.09 Å². The van der Waals surface area contributed by atoms with Crippen molar-refractivity contribution >= 4 is 34.1 Å². The normalized spacial score (nSPS) is 15.6. The van der Waals surface area contributed by atoms with Gasteiger partial charge in [0.05, 0.1) is 35.9 Å². The zero-order valence-electron chi connectivity index (χ0n) is 24.2. The molecule has 1 aliphatic heterocycles. The minimum absolute atomic E-state index is 0.0609. The van der Waals surface area contributed by atoms with Crippen LogP contribution in [0.25, 0.3) is 33.6 Å². The van der Waals surface area contributed by atoms with Crippen molar-refractivity contribution in [3.8, 4) is 17.4 Å². The van der Waals surface area contributed by atoms with Crippen molar-refractivity contribution in [2.75, 3.05) is 26.4 Å². The molecule has 1 aliphatic carbocycles. The molecule has 1 saturated carbocycles. The van der Waals surface area contributed by atoms with E-state index in [0.29, 0.717) is 66.2 Å². The van der Waals surface area contributed by atoms with E-state index < -0.39 is 18.8 Å². The van der Waals surface area contributed by atoms with Crippen LogP contribution >= 0.6 is 0 Å². The molecule has 2 amide bonds. The first-order valence-electron chi connectivity index (χ1n) is 14.7. The molecule has 1 unspecified atom stereocenters. The number of rotatable bonds is 11. The summed E-state index contributed by atoms with van der Waals surface area (Å²) in [6.45, 7) is 1.25. The van der Waals surface area contributed by atoms with Crippen LogP contribution in [0.3, 0.4) is 0 Å². The van der Waals surface area contributed by atoms with Crippen molar-refractivity contribution in [1.82, 2.24) is 43.9 Å². The summed E-state index contributed by atoms with van der Waals surface area (Å²) in [5.74, 6) is 1.53. The number of amides is 2. The summed E-state index contributed by atoms with van der Waals surface area (Å²) in [6, 6.07) is 4.81. The highest BCUT2D eigenvalue weighted by Crippen LogP contribution is 2.38. The van der Waals surface area contributed by atoms with Gasteiger partial charge in [0, 0.05) is 57.1 Å². The van der Waals surface area contributed by atoms with Crippen molar-refractivity contribution in [1.29, 1.82) is 0 Å². The third-order valence-corrected chi connectivity index (χ3v) is 8.30. The van der Waals surface area contributed by atoms with E-state index in [9.17, 15) is 14.0 Å². The minimum Gasteiger partial charge on any atom is -0.474 e. The van der Waals surface area contributed by atoms with Gasteiger partial charge < -0.3 is 33.8 Å². The standard InChI is InChI=1S/C30H32FN9O4/c1-37-26-23(13-21-22(35-26)5-8-39(29(21)41)16-20(14-31)34-30(42)43)36-27(37)24-12-19-4-6-33-28(25(19)40(24)15-18-2-3-18)44-11-10-38-9-7-32-17-38/h4,6-7,9,12-13,17-18,20,34H,2-3,5,8,10-11,14-16H2,1H3,(H,42,43). The second kappa shape index (κ2) is 11.2. The van der Waals surface area contributed by atoms with E-state index in [0.717, 1.165) is 36.0 Å². The first-order valence-corrected chi connectivity index (χ1v) is 14.7. The van der Waals surface area contributed by atoms with E-state index in [1.165, 1.54) is 4.90 Å². The summed E-state index contributed by atoms with van der Waals surface area (Å²) in [5, 5.41) is 12.1. The Labute approximate surface area is 251 Å². The van der Waals surface area contributed by atoms with Crippen molar-refractivity contribution in [2.45, 2.75) is 38.4 Å². The number of ether oxygens (including phenoxy) is 1. The highest BCUT2D eigenvalue weighted by molar-refractivity contribution is 5.99. The van der Waals surface area contributed by atoms with Crippen LogP contribution in [0.4, 0.5) is 9.18 Å². The molecule has 44 heavy (non-hydrogen) atoms. The molecule has 0 bridgehead atoms. The lowest BCUT2D eigenvalue weighted by atomic mass is 10.0. The Bertz CT molecular complexity index is 1860. The SMILES string of the molecule is Cn1c(-c2cc3ccnc(OCCn4ccnc4)c3n2CC2CC2)nc2cc3c(nc21)CCN(CC(CF)NC(=O)O)C3=O. The molecule has 0 saturated heterocycles. The molecule has 0 radical (unpaired) electrons. The predicted molar refractivity (Wildman–Crippen MR) is 158 cm³/mol. The molecule has 6 heterocycles. The fraction of sp³-hybridized carbons (Fsp3) is 0.400. The van der Waals surface area contributed by atoms with Crippen molar-refractivity contribution in [3.05, 3.63) is 54.4 Å². The highest BCUT2D eigenvalue weighted by Gasteiger charge is 2.31. The van der Waals surface area contributed by atoms with Gasteiger partial charge in [-0.25, -0.2) is 29.1 Å². The Morgan fingerprint density at radius 3 is 2.86 bits per heavy atom. The van der Waals surface area contributed by atoms with Gasteiger partial charge in [-0.3, -0.25) is 4.79 Å². The van der Waals surface area contributed by atoms with Crippen LogP contribution in [0.5, 0.6) is 5.88 Å². The van der Waals surface area contributed by atoms with E-state index in [1.807, 2.05) is 28.4 Å². The lowest BCUT2D eigenvalue weighted by Gasteiger charge is -2.30. The maximum absolute atomic E-state index is 13.4. The largest absolute Gasteiger partial charge is 0.474 e. The molecule has 13 nitrogen and oxygen atoms in total. The third kappa shape index (κ3) is 5.20. The van der Waals surface area contributed by atoms with Gasteiger partial charge in [0.15, 0.2) is 11.5 Å². The Morgan fingerprint density at radius 1 is 1.25 bits per heavy atom. The summed E-state index contributed by atoms with van der Waals surface area (Å²) >= 11 is 0. The maximum atomic E-state index is 13.4. The molecule has 2 N–H and O–H groups in total. The molecule has 5 aromatic heterocycles. The fourth-order valence-corrected chi connectivity index (χ4v) is 5.90. The predicted octanol–water partition coefficient (Wildman–Crippen LogP) is 3.27. The van der Waals surface area contributed by atoms with Gasteiger partial charge in [0.2, 0.25) is 5.88 Å². The molecule has 0 spiro atoms. The van der Waals surface area contributed by atoms with E-state index in [1.54, 1.807) is 24.8 Å². The van der Waals surface area contributed by atoms with E-state index >= 15 is 0 Å². The van der Waals surface area contributed by atoms with Crippen LogP contribution in [0.1, 0.15) is 28.9 Å². The number of nitrogens with one attached hydrogen (secondary N) is 1. The van der Waals surface area contributed by atoms with Crippen LogP contribution in [-0.4, -0.2) is 88.1 Å². The molecule has 2 aliphatic rings. The average Bonchev–Trinajstić information content (AvgIpc) is 3.38. The van der Waals surface area contributed by atoms with Gasteiger partial charge in [0.1, 0.15) is 24.3 Å². The zero-order chi connectivity index (χ0) is 30.4. The van der Waals surface area contributed by atoms with E-state index in [4.69, 9.17) is 19.8 Å². The first kappa shape index (κ1) is 27.8. The van der Waals surface area contributed by atoms with E-state index in [2.05, 4.69) is 25.9 Å². The molecule has 14 heteroatoms. The number of alkyl halides is 1. The number of pyridine rings is 2. The van der Waals surface area contributed by atoms with Gasteiger partial charge in [-0.15, -0.1) is 0 Å². The molecule has 7 rings (SSSR count). The van der Waals surface area contributed by atoms with Gasteiger partial charge in [-0.2, -0.15) is 0 Å². The molecule has 228 valence electrons. The summed E-state index contributed by atoms with van der Waals surface area (Å²) in [4.78, 5) is 44.4. The number of hydrogen-bond acceptors (Lipinski definition) is 7. The molecule has 5 aromatic rings. The Kier molecular flexibility index (Phi) is 7.10. The minimum atomic E-state index is -1.33. The summed E-state index contributed by atoms with van der Waals surface area (Å²) in [7, 11) is 1.92.